The molecule has 0 aliphatic carbocycles. The minimum Gasteiger partial charge on any atom is -0.464 e. The summed E-state index contributed by atoms with van der Waals surface area (Å²) >= 11 is 0. The second-order valence-electron chi connectivity index (χ2n) is 4.07. The smallest absolute Gasteiger partial charge is 0.416 e. The topological polar surface area (TPSA) is 40.5 Å². The monoisotopic (exact) mass is 237 g/mol. The summed E-state index contributed by atoms with van der Waals surface area (Å²) in [4.78, 5) is 12.9. The fourth-order valence-electron chi connectivity index (χ4n) is 2.18. The van der Waals surface area contributed by atoms with Crippen molar-refractivity contribution in [1.29, 1.82) is 0 Å². The van der Waals surface area contributed by atoms with Crippen LogP contribution < -0.4 is 4.90 Å². The normalized spacial score (nSPS) is 12.6. The molecule has 18 heavy (non-hydrogen) atoms. The quantitative estimate of drug-likeness (QED) is 0.752. The molecule has 0 fully saturated rings. The Bertz CT molecular complexity index is 597. The van der Waals surface area contributed by atoms with Crippen molar-refractivity contribution in [3.05, 3.63) is 59.7 Å². The minimum atomic E-state index is -0.974. The molecule has 3 nitrogen and oxygen atoms in total. The Kier molecular flexibility index (Phi) is 2.38. The third-order valence-electron chi connectivity index (χ3n) is 2.99. The van der Waals surface area contributed by atoms with Crippen LogP contribution in [0.5, 0.6) is 0 Å². The molecular weight excluding hydrogens is 226 g/mol. The Morgan fingerprint density at radius 3 is 1.72 bits per heavy atom. The first-order chi connectivity index (χ1) is 8.77. The number of carboxylic acid groups (broad SMARTS) is 1. The van der Waals surface area contributed by atoms with Gasteiger partial charge in [-0.3, -0.25) is 0 Å². The first-order valence-electron chi connectivity index (χ1n) is 5.66. The number of amides is 1. The highest BCUT2D eigenvalue weighted by atomic mass is 16.4. The lowest BCUT2D eigenvalue weighted by molar-refractivity contribution is 0.205. The molecule has 1 aliphatic rings. The van der Waals surface area contributed by atoms with Gasteiger partial charge in [-0.2, -0.15) is 0 Å². The standard InChI is InChI=1S/C15H11NO2/c17-15(18)16-13-7-3-1-5-11(13)9-10-12-6-2-4-8-14(12)16/h1-10H,(H,17,18). The predicted octanol–water partition coefficient (Wildman–Crippen LogP) is 3.99. The summed E-state index contributed by atoms with van der Waals surface area (Å²) in [5, 5.41) is 9.45. The van der Waals surface area contributed by atoms with Crippen LogP contribution in [0, 0.1) is 0 Å². The van der Waals surface area contributed by atoms with Crippen molar-refractivity contribution < 1.29 is 9.90 Å². The number of benzene rings is 2. The number of hydrogen-bond acceptors (Lipinski definition) is 1. The molecular formula is C15H11NO2. The molecule has 0 saturated carbocycles. The molecule has 0 bridgehead atoms. The Balaban J connectivity index is 2.31. The average molecular weight is 237 g/mol. The fourth-order valence-corrected chi connectivity index (χ4v) is 2.18. The second kappa shape index (κ2) is 4.04. The zero-order chi connectivity index (χ0) is 12.5. The highest BCUT2D eigenvalue weighted by Gasteiger charge is 2.22. The highest BCUT2D eigenvalue weighted by Crippen LogP contribution is 2.35. The molecule has 0 atom stereocenters. The van der Waals surface area contributed by atoms with E-state index >= 15 is 0 Å². The predicted molar refractivity (Wildman–Crippen MR) is 72.0 cm³/mol. The molecule has 0 radical (unpaired) electrons. The van der Waals surface area contributed by atoms with Gasteiger partial charge < -0.3 is 5.11 Å². The van der Waals surface area contributed by atoms with Crippen LogP contribution in [0.2, 0.25) is 0 Å². The summed E-state index contributed by atoms with van der Waals surface area (Å²) in [7, 11) is 0. The lowest BCUT2D eigenvalue weighted by atomic mass is 10.1. The molecule has 0 aromatic heterocycles. The number of rotatable bonds is 0. The second-order valence-corrected chi connectivity index (χ2v) is 4.07. The van der Waals surface area contributed by atoms with Crippen molar-refractivity contribution in [2.24, 2.45) is 0 Å². The van der Waals surface area contributed by atoms with E-state index < -0.39 is 6.09 Å². The van der Waals surface area contributed by atoms with Crippen molar-refractivity contribution in [2.75, 3.05) is 4.90 Å². The van der Waals surface area contributed by atoms with Crippen LogP contribution in [-0.4, -0.2) is 11.2 Å². The summed E-state index contributed by atoms with van der Waals surface area (Å²) in [5.74, 6) is 0. The van der Waals surface area contributed by atoms with E-state index in [0.29, 0.717) is 11.4 Å². The van der Waals surface area contributed by atoms with Gasteiger partial charge in [0.2, 0.25) is 0 Å². The summed E-state index contributed by atoms with van der Waals surface area (Å²) in [5.41, 5.74) is 3.17. The van der Waals surface area contributed by atoms with Gasteiger partial charge in [-0.05, 0) is 23.3 Å². The molecule has 0 spiro atoms. The minimum absolute atomic E-state index is 0.686. The Morgan fingerprint density at radius 1 is 0.833 bits per heavy atom. The van der Waals surface area contributed by atoms with E-state index in [0.717, 1.165) is 11.1 Å². The largest absolute Gasteiger partial charge is 0.464 e. The average Bonchev–Trinajstić information content (AvgIpc) is 2.55. The number of fused-ring (bicyclic) bond motifs is 2. The van der Waals surface area contributed by atoms with E-state index in [1.807, 2.05) is 60.7 Å². The van der Waals surface area contributed by atoms with Crippen molar-refractivity contribution in [3.63, 3.8) is 0 Å². The zero-order valence-corrected chi connectivity index (χ0v) is 9.58. The van der Waals surface area contributed by atoms with Gasteiger partial charge in [-0.15, -0.1) is 0 Å². The molecule has 0 saturated heterocycles. The molecule has 1 aliphatic heterocycles. The van der Waals surface area contributed by atoms with Crippen LogP contribution in [0.4, 0.5) is 16.2 Å². The zero-order valence-electron chi connectivity index (χ0n) is 9.58. The summed E-state index contributed by atoms with van der Waals surface area (Å²) < 4.78 is 0. The molecule has 1 heterocycles. The van der Waals surface area contributed by atoms with Crippen molar-refractivity contribution >= 4 is 29.6 Å². The Morgan fingerprint density at radius 2 is 1.28 bits per heavy atom. The van der Waals surface area contributed by atoms with Crippen LogP contribution in [0.3, 0.4) is 0 Å². The van der Waals surface area contributed by atoms with Gasteiger partial charge in [0.25, 0.3) is 0 Å². The molecule has 2 aromatic rings. The molecule has 2 aromatic carbocycles. The third-order valence-corrected chi connectivity index (χ3v) is 2.99. The lowest BCUT2D eigenvalue weighted by Gasteiger charge is -2.21. The van der Waals surface area contributed by atoms with Gasteiger partial charge in [-0.25, -0.2) is 9.69 Å². The SMILES string of the molecule is O=C(O)N1c2ccccc2C=Cc2ccccc21. The van der Waals surface area contributed by atoms with E-state index in [1.165, 1.54) is 4.90 Å². The molecule has 88 valence electrons. The van der Waals surface area contributed by atoms with E-state index in [1.54, 1.807) is 0 Å². The third kappa shape index (κ3) is 1.57. The maximum atomic E-state index is 11.5. The van der Waals surface area contributed by atoms with E-state index in [-0.39, 0.29) is 0 Å². The number of carbonyl (C=O) groups is 1. The van der Waals surface area contributed by atoms with Gasteiger partial charge in [-0.1, -0.05) is 48.6 Å². The van der Waals surface area contributed by atoms with Gasteiger partial charge in [0, 0.05) is 0 Å². The van der Waals surface area contributed by atoms with Crippen molar-refractivity contribution in [1.82, 2.24) is 0 Å². The first kappa shape index (κ1) is 10.6. The Hall–Kier alpha value is -2.55. The lowest BCUT2D eigenvalue weighted by Crippen LogP contribution is -2.24. The first-order valence-corrected chi connectivity index (χ1v) is 5.66. The maximum Gasteiger partial charge on any atom is 0.416 e. The number of nitrogens with zero attached hydrogens (tertiary/aromatic N) is 1. The van der Waals surface area contributed by atoms with E-state index in [9.17, 15) is 9.90 Å². The molecule has 3 rings (SSSR count). The van der Waals surface area contributed by atoms with Crippen LogP contribution >= 0.6 is 0 Å². The summed E-state index contributed by atoms with van der Waals surface area (Å²) in [6.45, 7) is 0. The van der Waals surface area contributed by atoms with Gasteiger partial charge in [0.15, 0.2) is 0 Å². The van der Waals surface area contributed by atoms with Crippen molar-refractivity contribution in [2.45, 2.75) is 0 Å². The van der Waals surface area contributed by atoms with Crippen LogP contribution in [0.1, 0.15) is 11.1 Å². The van der Waals surface area contributed by atoms with Gasteiger partial charge >= 0.3 is 6.09 Å². The number of hydrogen-bond donors (Lipinski definition) is 1. The molecule has 1 N–H and O–H groups in total. The molecule has 3 heteroatoms. The van der Waals surface area contributed by atoms with E-state index in [2.05, 4.69) is 0 Å². The van der Waals surface area contributed by atoms with Gasteiger partial charge in [0.05, 0.1) is 11.4 Å². The van der Waals surface area contributed by atoms with E-state index in [4.69, 9.17) is 0 Å². The van der Waals surface area contributed by atoms with Crippen LogP contribution in [-0.2, 0) is 0 Å². The van der Waals surface area contributed by atoms with Gasteiger partial charge in [0.1, 0.15) is 0 Å². The highest BCUT2D eigenvalue weighted by molar-refractivity contribution is 6.02. The Labute approximate surface area is 105 Å². The van der Waals surface area contributed by atoms with Crippen LogP contribution in [0.25, 0.3) is 12.2 Å². The molecule has 0 unspecified atom stereocenters. The maximum absolute atomic E-state index is 11.5. The van der Waals surface area contributed by atoms with Crippen LogP contribution in [0.15, 0.2) is 48.5 Å². The summed E-state index contributed by atoms with van der Waals surface area (Å²) in [6, 6.07) is 14.9. The van der Waals surface area contributed by atoms with Crippen molar-refractivity contribution in [3.8, 4) is 0 Å². The summed E-state index contributed by atoms with van der Waals surface area (Å²) in [6.07, 6.45) is 2.91. The number of anilines is 2. The molecule has 1 amide bonds. The fraction of sp³-hybridized carbons (Fsp3) is 0. The number of para-hydroxylation sites is 2.